The van der Waals surface area contributed by atoms with E-state index < -0.39 is 0 Å². The lowest BCUT2D eigenvalue weighted by molar-refractivity contribution is 0.564. The van der Waals surface area contributed by atoms with Crippen LogP contribution in [0.1, 0.15) is 77.5 Å². The van der Waals surface area contributed by atoms with E-state index in [0.717, 1.165) is 6.42 Å². The quantitative estimate of drug-likeness (QED) is 0.201. The van der Waals surface area contributed by atoms with E-state index in [4.69, 9.17) is 0 Å². The predicted octanol–water partition coefficient (Wildman–Crippen LogP) is 12.1. The molecule has 0 bridgehead atoms. The van der Waals surface area contributed by atoms with Gasteiger partial charge in [-0.3, -0.25) is 0 Å². The monoisotopic (exact) mass is 512 g/mol. The Bertz CT molecular complexity index is 1580. The summed E-state index contributed by atoms with van der Waals surface area (Å²) in [5, 5.41) is 11.0. The van der Waals surface area contributed by atoms with Crippen LogP contribution < -0.4 is 0 Å². The average molecular weight is 513 g/mol. The van der Waals surface area contributed by atoms with Gasteiger partial charge in [0.15, 0.2) is 0 Å². The van der Waals surface area contributed by atoms with E-state index in [1.54, 1.807) is 0 Å². The Morgan fingerprint density at radius 1 is 0.487 bits per heavy atom. The topological polar surface area (TPSA) is 0 Å². The number of fused-ring (bicyclic) bond motifs is 4. The zero-order valence-electron chi connectivity index (χ0n) is 24.9. The molecule has 200 valence electrons. The Hall–Kier alpha value is -3.64. The van der Waals surface area contributed by atoms with E-state index in [1.165, 1.54) is 66.2 Å². The van der Waals surface area contributed by atoms with E-state index in [9.17, 15) is 0 Å². The molecule has 0 aliphatic rings. The fourth-order valence-corrected chi connectivity index (χ4v) is 6.09. The Kier molecular flexibility index (Phi) is 9.41. The van der Waals surface area contributed by atoms with Crippen LogP contribution in [0.2, 0.25) is 0 Å². The van der Waals surface area contributed by atoms with Crippen molar-refractivity contribution in [3.05, 3.63) is 120 Å². The van der Waals surface area contributed by atoms with Gasteiger partial charge in [0.25, 0.3) is 0 Å². The molecule has 6 aromatic carbocycles. The van der Waals surface area contributed by atoms with Gasteiger partial charge >= 0.3 is 0 Å². The molecule has 0 aromatic heterocycles. The Morgan fingerprint density at radius 2 is 0.846 bits per heavy atom. The van der Waals surface area contributed by atoms with Crippen LogP contribution in [0.25, 0.3) is 43.1 Å². The fourth-order valence-electron chi connectivity index (χ4n) is 6.09. The van der Waals surface area contributed by atoms with Crippen LogP contribution in [0, 0.1) is 5.92 Å². The highest BCUT2D eigenvalue weighted by molar-refractivity contribution is 6.09. The number of hydrogen-bond acceptors (Lipinski definition) is 0. The van der Waals surface area contributed by atoms with Gasteiger partial charge in [-0.2, -0.15) is 0 Å². The highest BCUT2D eigenvalue weighted by atomic mass is 14.3. The molecule has 0 amide bonds. The third-order valence-electron chi connectivity index (χ3n) is 8.01. The maximum Gasteiger partial charge on any atom is 0.00856 e. The van der Waals surface area contributed by atoms with Crippen LogP contribution in [0.3, 0.4) is 0 Å². The first-order chi connectivity index (χ1) is 19.2. The average Bonchev–Trinajstić information content (AvgIpc) is 3.01. The molecule has 0 heteroatoms. The van der Waals surface area contributed by atoms with Crippen LogP contribution >= 0.6 is 0 Å². The second kappa shape index (κ2) is 12.9. The molecule has 0 aliphatic heterocycles. The van der Waals surface area contributed by atoms with Crippen molar-refractivity contribution in [2.75, 3.05) is 0 Å². The SMILES string of the molecule is CC.CC.CCC(C)Cc1c2ccccc2c(C(C)c2c3ccccc3cc3ccccc23)c2ccccc12. The zero-order chi connectivity index (χ0) is 27.9. The van der Waals surface area contributed by atoms with Crippen LogP contribution in [-0.4, -0.2) is 0 Å². The van der Waals surface area contributed by atoms with Crippen LogP contribution in [0.4, 0.5) is 0 Å². The molecule has 2 unspecified atom stereocenters. The van der Waals surface area contributed by atoms with Crippen LogP contribution in [0.15, 0.2) is 103 Å². The lowest BCUT2D eigenvalue weighted by Crippen LogP contribution is -2.05. The minimum atomic E-state index is 0.249. The molecular formula is C39H44. The summed E-state index contributed by atoms with van der Waals surface area (Å²) in [5.74, 6) is 0.908. The van der Waals surface area contributed by atoms with E-state index in [2.05, 4.69) is 124 Å². The maximum atomic E-state index is 2.41. The van der Waals surface area contributed by atoms with Crippen molar-refractivity contribution < 1.29 is 0 Å². The highest BCUT2D eigenvalue weighted by Gasteiger charge is 2.22. The Labute approximate surface area is 235 Å². The standard InChI is InChI=1S/C35H32.2C2H6/c1-4-23(2)21-33-29-17-9-11-19-31(29)35(32-20-12-10-18-30(32)33)24(3)34-27-15-7-5-13-25(27)22-26-14-6-8-16-28(26)34;2*1-2/h5-20,22-24H,4,21H2,1-3H3;2*1-2H3. The Morgan fingerprint density at radius 3 is 1.28 bits per heavy atom. The summed E-state index contributed by atoms with van der Waals surface area (Å²) in [5.41, 5.74) is 4.39. The van der Waals surface area contributed by atoms with Gasteiger partial charge in [-0.05, 0) is 78.2 Å². The van der Waals surface area contributed by atoms with Crippen molar-refractivity contribution >= 4 is 43.1 Å². The van der Waals surface area contributed by atoms with Crippen molar-refractivity contribution in [3.63, 3.8) is 0 Å². The van der Waals surface area contributed by atoms with E-state index >= 15 is 0 Å². The molecule has 6 rings (SSSR count). The molecule has 0 radical (unpaired) electrons. The van der Waals surface area contributed by atoms with Gasteiger partial charge in [-0.15, -0.1) is 0 Å². The first-order valence-corrected chi connectivity index (χ1v) is 15.0. The van der Waals surface area contributed by atoms with Gasteiger partial charge in [-0.1, -0.05) is 152 Å². The van der Waals surface area contributed by atoms with Crippen molar-refractivity contribution in [1.29, 1.82) is 0 Å². The molecule has 39 heavy (non-hydrogen) atoms. The second-order valence-electron chi connectivity index (χ2n) is 10.2. The molecule has 0 spiro atoms. The van der Waals surface area contributed by atoms with Gasteiger partial charge in [0.05, 0.1) is 0 Å². The smallest absolute Gasteiger partial charge is 0.00856 e. The minimum absolute atomic E-state index is 0.249. The maximum absolute atomic E-state index is 2.41. The van der Waals surface area contributed by atoms with Crippen molar-refractivity contribution in [1.82, 2.24) is 0 Å². The fraction of sp³-hybridized carbons (Fsp3) is 0.282. The minimum Gasteiger partial charge on any atom is -0.0683 e. The molecule has 0 aliphatic carbocycles. The van der Waals surface area contributed by atoms with E-state index in [-0.39, 0.29) is 5.92 Å². The van der Waals surface area contributed by atoms with Crippen LogP contribution in [-0.2, 0) is 6.42 Å². The normalized spacial score (nSPS) is 12.5. The van der Waals surface area contributed by atoms with Gasteiger partial charge in [0.2, 0.25) is 0 Å². The summed E-state index contributed by atoms with van der Waals surface area (Å²) in [4.78, 5) is 0. The summed E-state index contributed by atoms with van der Waals surface area (Å²) in [7, 11) is 0. The summed E-state index contributed by atoms with van der Waals surface area (Å²) < 4.78 is 0. The number of hydrogen-bond donors (Lipinski definition) is 0. The molecule has 0 N–H and O–H groups in total. The molecule has 6 aromatic rings. The summed E-state index contributed by atoms with van der Waals surface area (Å²) in [6.45, 7) is 15.1. The van der Waals surface area contributed by atoms with Crippen LogP contribution in [0.5, 0.6) is 0 Å². The molecule has 0 fully saturated rings. The second-order valence-corrected chi connectivity index (χ2v) is 10.2. The summed E-state index contributed by atoms with van der Waals surface area (Å²) in [6, 6.07) is 38.3. The predicted molar refractivity (Wildman–Crippen MR) is 176 cm³/mol. The largest absolute Gasteiger partial charge is 0.0683 e. The third kappa shape index (κ3) is 5.30. The summed E-state index contributed by atoms with van der Waals surface area (Å²) >= 11 is 0. The number of benzene rings is 6. The molecule has 0 saturated heterocycles. The molecular weight excluding hydrogens is 468 g/mol. The van der Waals surface area contributed by atoms with Gasteiger partial charge in [0.1, 0.15) is 0 Å². The van der Waals surface area contributed by atoms with Crippen molar-refractivity contribution in [2.45, 2.75) is 67.2 Å². The first-order valence-electron chi connectivity index (χ1n) is 15.0. The molecule has 0 nitrogen and oxygen atoms in total. The summed E-state index contributed by atoms with van der Waals surface area (Å²) in [6.07, 6.45) is 2.31. The highest BCUT2D eigenvalue weighted by Crippen LogP contribution is 2.44. The third-order valence-corrected chi connectivity index (χ3v) is 8.01. The van der Waals surface area contributed by atoms with Gasteiger partial charge < -0.3 is 0 Å². The molecule has 0 heterocycles. The molecule has 0 saturated carbocycles. The van der Waals surface area contributed by atoms with Gasteiger partial charge in [0, 0.05) is 5.92 Å². The number of rotatable bonds is 5. The van der Waals surface area contributed by atoms with Gasteiger partial charge in [-0.25, -0.2) is 0 Å². The lowest BCUT2D eigenvalue weighted by Gasteiger charge is -2.24. The first kappa shape index (κ1) is 28.4. The lowest BCUT2D eigenvalue weighted by atomic mass is 9.79. The van der Waals surface area contributed by atoms with Crippen molar-refractivity contribution in [2.24, 2.45) is 5.92 Å². The van der Waals surface area contributed by atoms with E-state index in [1.807, 2.05) is 27.7 Å². The zero-order valence-corrected chi connectivity index (χ0v) is 24.9. The van der Waals surface area contributed by atoms with Crippen molar-refractivity contribution in [3.8, 4) is 0 Å². The Balaban J connectivity index is 0.000000845. The molecule has 2 atom stereocenters. The van der Waals surface area contributed by atoms with E-state index in [0.29, 0.717) is 5.92 Å².